The van der Waals surface area contributed by atoms with Gasteiger partial charge in [-0.15, -0.1) is 22.7 Å². The number of aromatic nitrogens is 2. The first-order valence-electron chi connectivity index (χ1n) is 9.81. The summed E-state index contributed by atoms with van der Waals surface area (Å²) in [6.07, 6.45) is 1.42. The van der Waals surface area contributed by atoms with Gasteiger partial charge in [0.25, 0.3) is 5.56 Å². The monoisotopic (exact) mass is 459 g/mol. The molecular formula is C24H17N3O3S2. The lowest BCUT2D eigenvalue weighted by Crippen LogP contribution is -2.27. The largest absolute Gasteiger partial charge is 0.455 e. The van der Waals surface area contributed by atoms with Crippen molar-refractivity contribution in [3.05, 3.63) is 94.2 Å². The van der Waals surface area contributed by atoms with Crippen molar-refractivity contribution in [1.82, 2.24) is 9.55 Å². The van der Waals surface area contributed by atoms with Gasteiger partial charge in [0.1, 0.15) is 17.1 Å². The fourth-order valence-electron chi connectivity index (χ4n) is 3.31. The fourth-order valence-corrected chi connectivity index (χ4v) is 5.03. The van der Waals surface area contributed by atoms with E-state index in [0.29, 0.717) is 27.4 Å². The minimum atomic E-state index is -0.342. The summed E-state index contributed by atoms with van der Waals surface area (Å²) in [6, 6.07) is 20.4. The van der Waals surface area contributed by atoms with Gasteiger partial charge in [-0.05, 0) is 35.7 Å². The Morgan fingerprint density at radius 2 is 1.81 bits per heavy atom. The van der Waals surface area contributed by atoms with E-state index < -0.39 is 0 Å². The Balaban J connectivity index is 1.39. The van der Waals surface area contributed by atoms with E-state index >= 15 is 0 Å². The van der Waals surface area contributed by atoms with Crippen LogP contribution in [-0.2, 0) is 11.3 Å². The molecule has 0 radical (unpaired) electrons. The first kappa shape index (κ1) is 20.2. The molecule has 0 bridgehead atoms. The first-order valence-corrected chi connectivity index (χ1v) is 11.6. The van der Waals surface area contributed by atoms with Gasteiger partial charge < -0.3 is 10.1 Å². The summed E-state index contributed by atoms with van der Waals surface area (Å²) in [5, 5.41) is 7.29. The average Bonchev–Trinajstić information content (AvgIpc) is 3.48. The SMILES string of the molecule is O=C(Cn1cnc2scc(-c3cccs3)c2c1=O)Nc1ccccc1Oc1ccccc1. The Bertz CT molecular complexity index is 1440. The molecule has 3 aromatic heterocycles. The Hall–Kier alpha value is -3.75. The first-order chi connectivity index (χ1) is 15.7. The summed E-state index contributed by atoms with van der Waals surface area (Å²) >= 11 is 2.99. The zero-order valence-electron chi connectivity index (χ0n) is 16.7. The normalized spacial score (nSPS) is 10.9. The number of amides is 1. The van der Waals surface area contributed by atoms with Crippen LogP contribution >= 0.6 is 22.7 Å². The highest BCUT2D eigenvalue weighted by molar-refractivity contribution is 7.18. The van der Waals surface area contributed by atoms with Crippen LogP contribution in [0.15, 0.2) is 88.6 Å². The van der Waals surface area contributed by atoms with Crippen LogP contribution < -0.4 is 15.6 Å². The van der Waals surface area contributed by atoms with Gasteiger partial charge in [-0.1, -0.05) is 36.4 Å². The van der Waals surface area contributed by atoms with Crippen LogP contribution in [-0.4, -0.2) is 15.5 Å². The molecule has 8 heteroatoms. The topological polar surface area (TPSA) is 73.2 Å². The maximum atomic E-state index is 13.1. The average molecular weight is 460 g/mol. The van der Waals surface area contributed by atoms with Crippen LogP contribution in [0.1, 0.15) is 0 Å². The van der Waals surface area contributed by atoms with Gasteiger partial charge in [-0.25, -0.2) is 4.98 Å². The van der Waals surface area contributed by atoms with Crippen LogP contribution in [0.4, 0.5) is 5.69 Å². The number of fused-ring (bicyclic) bond motifs is 1. The molecule has 2 aromatic carbocycles. The fraction of sp³-hybridized carbons (Fsp3) is 0.0417. The number of carbonyl (C=O) groups excluding carboxylic acids is 1. The van der Waals surface area contributed by atoms with Crippen molar-refractivity contribution in [2.24, 2.45) is 0 Å². The van der Waals surface area contributed by atoms with Crippen molar-refractivity contribution in [1.29, 1.82) is 0 Å². The van der Waals surface area contributed by atoms with Gasteiger partial charge in [-0.2, -0.15) is 0 Å². The molecule has 0 aliphatic rings. The quantitative estimate of drug-likeness (QED) is 0.358. The molecule has 158 valence electrons. The molecule has 5 rings (SSSR count). The van der Waals surface area contributed by atoms with Crippen molar-refractivity contribution in [3.63, 3.8) is 0 Å². The minimum absolute atomic E-state index is 0.152. The van der Waals surface area contributed by atoms with E-state index in [9.17, 15) is 9.59 Å². The molecule has 0 saturated carbocycles. The molecule has 5 aromatic rings. The molecule has 1 N–H and O–H groups in total. The van der Waals surface area contributed by atoms with Gasteiger partial charge in [0, 0.05) is 15.8 Å². The van der Waals surface area contributed by atoms with Crippen LogP contribution in [0.25, 0.3) is 20.7 Å². The van der Waals surface area contributed by atoms with Gasteiger partial charge >= 0.3 is 0 Å². The van der Waals surface area contributed by atoms with Crippen LogP contribution in [0.5, 0.6) is 11.5 Å². The van der Waals surface area contributed by atoms with Crippen LogP contribution in [0.2, 0.25) is 0 Å². The minimum Gasteiger partial charge on any atom is -0.455 e. The number of hydrogen-bond donors (Lipinski definition) is 1. The van der Waals surface area contributed by atoms with E-state index in [2.05, 4.69) is 10.3 Å². The molecule has 0 saturated heterocycles. The predicted octanol–water partition coefficient (Wildman–Crippen LogP) is 5.62. The molecule has 3 heterocycles. The maximum absolute atomic E-state index is 13.1. The van der Waals surface area contributed by atoms with Gasteiger partial charge in [0.05, 0.1) is 17.4 Å². The number of ether oxygens (including phenoxy) is 1. The van der Waals surface area contributed by atoms with Gasteiger partial charge in [0.2, 0.25) is 5.91 Å². The lowest BCUT2D eigenvalue weighted by molar-refractivity contribution is -0.116. The van der Waals surface area contributed by atoms with Crippen LogP contribution in [0.3, 0.4) is 0 Å². The highest BCUT2D eigenvalue weighted by Gasteiger charge is 2.16. The number of anilines is 1. The Kier molecular flexibility index (Phi) is 5.53. The van der Waals surface area contributed by atoms with E-state index in [4.69, 9.17) is 4.74 Å². The second-order valence-electron chi connectivity index (χ2n) is 6.94. The molecule has 0 atom stereocenters. The van der Waals surface area contributed by atoms with Crippen molar-refractivity contribution in [3.8, 4) is 21.9 Å². The highest BCUT2D eigenvalue weighted by atomic mass is 32.1. The summed E-state index contributed by atoms with van der Waals surface area (Å²) in [4.78, 5) is 32.0. The van der Waals surface area contributed by atoms with Crippen LogP contribution in [0, 0.1) is 0 Å². The summed E-state index contributed by atoms with van der Waals surface area (Å²) in [6.45, 7) is -0.152. The Labute approximate surface area is 191 Å². The highest BCUT2D eigenvalue weighted by Crippen LogP contribution is 2.33. The Morgan fingerprint density at radius 1 is 1.00 bits per heavy atom. The Morgan fingerprint density at radius 3 is 2.62 bits per heavy atom. The number of thiophene rings is 2. The number of nitrogens with one attached hydrogen (secondary N) is 1. The number of benzene rings is 2. The standard InChI is InChI=1S/C24H17N3O3S2/c28-21(26-18-9-4-5-10-19(18)30-16-7-2-1-3-8-16)13-27-15-25-23-22(24(27)29)17(14-32-23)20-11-6-12-31-20/h1-12,14-15H,13H2,(H,26,28). The molecule has 0 spiro atoms. The van der Waals surface area contributed by atoms with Crippen molar-refractivity contribution < 1.29 is 9.53 Å². The van der Waals surface area contributed by atoms with Crippen molar-refractivity contribution in [2.45, 2.75) is 6.54 Å². The van der Waals surface area contributed by atoms with E-state index in [0.717, 1.165) is 10.4 Å². The second-order valence-corrected chi connectivity index (χ2v) is 8.75. The number of para-hydroxylation sites is 3. The third-order valence-electron chi connectivity index (χ3n) is 4.79. The molecule has 0 fully saturated rings. The number of nitrogens with zero attached hydrogens (tertiary/aromatic N) is 2. The molecule has 6 nitrogen and oxygen atoms in total. The smallest absolute Gasteiger partial charge is 0.263 e. The second kappa shape index (κ2) is 8.78. The predicted molar refractivity (Wildman–Crippen MR) is 129 cm³/mol. The molecule has 1 amide bonds. The zero-order chi connectivity index (χ0) is 21.9. The van der Waals surface area contributed by atoms with E-state index in [1.165, 1.54) is 22.2 Å². The van der Waals surface area contributed by atoms with Gasteiger partial charge in [-0.3, -0.25) is 14.2 Å². The maximum Gasteiger partial charge on any atom is 0.263 e. The van der Waals surface area contributed by atoms with E-state index in [1.807, 2.05) is 65.4 Å². The van der Waals surface area contributed by atoms with Crippen molar-refractivity contribution in [2.75, 3.05) is 5.32 Å². The van der Waals surface area contributed by atoms with Gasteiger partial charge in [0.15, 0.2) is 5.75 Å². The lowest BCUT2D eigenvalue weighted by Gasteiger charge is -2.12. The molecular weight excluding hydrogens is 442 g/mol. The number of hydrogen-bond acceptors (Lipinski definition) is 6. The molecule has 32 heavy (non-hydrogen) atoms. The molecule has 0 aliphatic heterocycles. The lowest BCUT2D eigenvalue weighted by atomic mass is 10.2. The number of rotatable bonds is 6. The third kappa shape index (κ3) is 4.05. The third-order valence-corrected chi connectivity index (χ3v) is 6.58. The van der Waals surface area contributed by atoms with E-state index in [1.54, 1.807) is 23.5 Å². The zero-order valence-corrected chi connectivity index (χ0v) is 18.4. The van der Waals surface area contributed by atoms with Crippen molar-refractivity contribution >= 4 is 44.5 Å². The summed E-state index contributed by atoms with van der Waals surface area (Å²) < 4.78 is 7.23. The van der Waals surface area contributed by atoms with E-state index in [-0.39, 0.29) is 18.0 Å². The summed E-state index contributed by atoms with van der Waals surface area (Å²) in [5.74, 6) is 0.842. The summed E-state index contributed by atoms with van der Waals surface area (Å²) in [5.41, 5.74) is 1.15. The molecule has 0 unspecified atom stereocenters. The summed E-state index contributed by atoms with van der Waals surface area (Å²) in [7, 11) is 0. The number of carbonyl (C=O) groups is 1. The molecule has 0 aliphatic carbocycles.